The van der Waals surface area contributed by atoms with Gasteiger partial charge in [0, 0.05) is 17.4 Å². The number of fused-ring (bicyclic) bond motifs is 1. The zero-order valence-electron chi connectivity index (χ0n) is 8.03. The van der Waals surface area contributed by atoms with Gasteiger partial charge < -0.3 is 9.57 Å². The average molecular weight is 185 g/mol. The van der Waals surface area contributed by atoms with Crippen molar-refractivity contribution < 1.29 is 14.5 Å². The second-order valence-corrected chi connectivity index (χ2v) is 4.21. The standard InChI is InChI=1S/C9H15NO3/c1-9(2)7-4-3-5-12-8(7)6-10(11)13-9/h6-8H,3-5H2,1-2H3/t7-,8+/m0/s1. The Bertz CT molecular complexity index is 237. The molecule has 74 valence electrons. The van der Waals surface area contributed by atoms with Crippen LogP contribution in [0.4, 0.5) is 0 Å². The van der Waals surface area contributed by atoms with E-state index in [4.69, 9.17) is 9.57 Å². The lowest BCUT2D eigenvalue weighted by atomic mass is 9.81. The van der Waals surface area contributed by atoms with Gasteiger partial charge in [-0.2, -0.15) is 0 Å². The van der Waals surface area contributed by atoms with Gasteiger partial charge in [0.25, 0.3) is 0 Å². The predicted octanol–water partition coefficient (Wildman–Crippen LogP) is 1.09. The second kappa shape index (κ2) is 2.87. The van der Waals surface area contributed by atoms with Crippen LogP contribution in [0.3, 0.4) is 0 Å². The van der Waals surface area contributed by atoms with E-state index in [-0.39, 0.29) is 6.10 Å². The molecule has 0 aliphatic carbocycles. The Morgan fingerprint density at radius 3 is 3.08 bits per heavy atom. The van der Waals surface area contributed by atoms with E-state index < -0.39 is 5.60 Å². The maximum Gasteiger partial charge on any atom is 0.239 e. The molecule has 0 radical (unpaired) electrons. The molecule has 4 heteroatoms. The molecule has 2 heterocycles. The van der Waals surface area contributed by atoms with Gasteiger partial charge >= 0.3 is 0 Å². The Labute approximate surface area is 77.7 Å². The quantitative estimate of drug-likeness (QED) is 0.530. The van der Waals surface area contributed by atoms with Crippen molar-refractivity contribution in [2.75, 3.05) is 6.61 Å². The van der Waals surface area contributed by atoms with Crippen LogP contribution < -0.4 is 0 Å². The van der Waals surface area contributed by atoms with Crippen LogP contribution in [0, 0.1) is 11.1 Å². The SMILES string of the molecule is CC1(C)O[N+]([O-])=C[C@H]2OCCC[C@@H]21. The summed E-state index contributed by atoms with van der Waals surface area (Å²) in [6.07, 6.45) is 3.55. The first-order valence-electron chi connectivity index (χ1n) is 4.72. The van der Waals surface area contributed by atoms with E-state index in [0.29, 0.717) is 10.8 Å². The first kappa shape index (κ1) is 8.81. The molecule has 13 heavy (non-hydrogen) atoms. The summed E-state index contributed by atoms with van der Waals surface area (Å²) >= 11 is 0. The van der Waals surface area contributed by atoms with Crippen molar-refractivity contribution in [1.82, 2.24) is 0 Å². The molecule has 2 rings (SSSR count). The summed E-state index contributed by atoms with van der Waals surface area (Å²) < 4.78 is 5.51. The molecule has 2 aliphatic heterocycles. The highest BCUT2D eigenvalue weighted by atomic mass is 16.9. The first-order valence-corrected chi connectivity index (χ1v) is 4.72. The van der Waals surface area contributed by atoms with E-state index in [1.54, 1.807) is 0 Å². The van der Waals surface area contributed by atoms with Crippen molar-refractivity contribution in [3.63, 3.8) is 0 Å². The Kier molecular flexibility index (Phi) is 1.95. The molecule has 0 unspecified atom stereocenters. The maximum atomic E-state index is 11.1. The molecular weight excluding hydrogens is 170 g/mol. The normalized spacial score (nSPS) is 37.2. The Balaban J connectivity index is 2.23. The molecule has 0 saturated carbocycles. The maximum absolute atomic E-state index is 11.1. The summed E-state index contributed by atoms with van der Waals surface area (Å²) in [4.78, 5) is 5.72. The minimum Gasteiger partial charge on any atom is -0.397 e. The van der Waals surface area contributed by atoms with E-state index in [1.165, 1.54) is 6.21 Å². The lowest BCUT2D eigenvalue weighted by molar-refractivity contribution is -0.771. The number of hydrogen-bond acceptors (Lipinski definition) is 3. The van der Waals surface area contributed by atoms with Crippen LogP contribution in [0.5, 0.6) is 0 Å². The van der Waals surface area contributed by atoms with E-state index in [1.807, 2.05) is 13.8 Å². The lowest BCUT2D eigenvalue weighted by Crippen LogP contribution is -2.52. The summed E-state index contributed by atoms with van der Waals surface area (Å²) in [6.45, 7) is 4.64. The molecule has 2 atom stereocenters. The van der Waals surface area contributed by atoms with Crippen LogP contribution in [0.15, 0.2) is 0 Å². The zero-order chi connectivity index (χ0) is 9.47. The van der Waals surface area contributed by atoms with Crippen molar-refractivity contribution in [2.24, 2.45) is 5.92 Å². The summed E-state index contributed by atoms with van der Waals surface area (Å²) in [5, 5.41) is 11.1. The van der Waals surface area contributed by atoms with Crippen molar-refractivity contribution in [2.45, 2.75) is 38.4 Å². The Hall–Kier alpha value is -0.770. The predicted molar refractivity (Wildman–Crippen MR) is 47.3 cm³/mol. The molecule has 1 saturated heterocycles. The first-order chi connectivity index (χ1) is 6.09. The van der Waals surface area contributed by atoms with Gasteiger partial charge in [-0.25, -0.2) is 0 Å². The van der Waals surface area contributed by atoms with Crippen molar-refractivity contribution >= 4 is 6.21 Å². The highest BCUT2D eigenvalue weighted by Gasteiger charge is 2.43. The molecule has 2 aliphatic rings. The van der Waals surface area contributed by atoms with Crippen molar-refractivity contribution in [3.8, 4) is 0 Å². The largest absolute Gasteiger partial charge is 0.397 e. The van der Waals surface area contributed by atoms with Crippen LogP contribution in [0.25, 0.3) is 0 Å². The average Bonchev–Trinajstić information content (AvgIpc) is 2.02. The highest BCUT2D eigenvalue weighted by molar-refractivity contribution is 5.59. The minimum atomic E-state index is -0.401. The topological polar surface area (TPSA) is 44.5 Å². The Morgan fingerprint density at radius 2 is 2.31 bits per heavy atom. The van der Waals surface area contributed by atoms with Gasteiger partial charge in [-0.15, -0.1) is 0 Å². The highest BCUT2D eigenvalue weighted by Crippen LogP contribution is 2.34. The fraction of sp³-hybridized carbons (Fsp3) is 0.889. The third kappa shape index (κ3) is 1.50. The molecule has 0 N–H and O–H groups in total. The summed E-state index contributed by atoms with van der Waals surface area (Å²) in [5.74, 6) is 0.312. The monoisotopic (exact) mass is 185 g/mol. The van der Waals surface area contributed by atoms with Crippen LogP contribution in [-0.4, -0.2) is 29.4 Å². The smallest absolute Gasteiger partial charge is 0.239 e. The van der Waals surface area contributed by atoms with E-state index in [9.17, 15) is 5.21 Å². The van der Waals surface area contributed by atoms with Gasteiger partial charge in [0.1, 0.15) is 6.10 Å². The van der Waals surface area contributed by atoms with Crippen LogP contribution in [0.1, 0.15) is 26.7 Å². The molecule has 0 bridgehead atoms. The van der Waals surface area contributed by atoms with Crippen LogP contribution >= 0.6 is 0 Å². The zero-order valence-corrected chi connectivity index (χ0v) is 8.03. The fourth-order valence-electron chi connectivity index (χ4n) is 2.14. The Morgan fingerprint density at radius 1 is 1.54 bits per heavy atom. The summed E-state index contributed by atoms with van der Waals surface area (Å²) in [6, 6.07) is 0. The van der Waals surface area contributed by atoms with Crippen LogP contribution in [0.2, 0.25) is 0 Å². The third-order valence-electron chi connectivity index (χ3n) is 2.85. The van der Waals surface area contributed by atoms with Gasteiger partial charge in [-0.05, 0) is 26.7 Å². The van der Waals surface area contributed by atoms with E-state index >= 15 is 0 Å². The summed E-state index contributed by atoms with van der Waals surface area (Å²) in [5.41, 5.74) is -0.401. The molecule has 0 aromatic rings. The minimum absolute atomic E-state index is 0.0602. The van der Waals surface area contributed by atoms with E-state index in [2.05, 4.69) is 0 Å². The molecule has 0 spiro atoms. The number of nitrogens with zero attached hydrogens (tertiary/aromatic N) is 1. The van der Waals surface area contributed by atoms with E-state index in [0.717, 1.165) is 19.4 Å². The number of hydrogen-bond donors (Lipinski definition) is 0. The third-order valence-corrected chi connectivity index (χ3v) is 2.85. The van der Waals surface area contributed by atoms with Crippen molar-refractivity contribution in [3.05, 3.63) is 5.21 Å². The van der Waals surface area contributed by atoms with Gasteiger partial charge in [-0.1, -0.05) is 0 Å². The molecule has 0 aromatic heterocycles. The van der Waals surface area contributed by atoms with Gasteiger partial charge in [0.05, 0.1) is 5.60 Å². The summed E-state index contributed by atoms with van der Waals surface area (Å²) in [7, 11) is 0. The van der Waals surface area contributed by atoms with Crippen molar-refractivity contribution in [1.29, 1.82) is 0 Å². The molecule has 4 nitrogen and oxygen atoms in total. The van der Waals surface area contributed by atoms with Gasteiger partial charge in [0.15, 0.2) is 0 Å². The lowest BCUT2D eigenvalue weighted by Gasteiger charge is -2.43. The molecule has 0 amide bonds. The fourth-order valence-corrected chi connectivity index (χ4v) is 2.14. The van der Waals surface area contributed by atoms with Gasteiger partial charge in [0.2, 0.25) is 6.21 Å². The van der Waals surface area contributed by atoms with Crippen LogP contribution in [-0.2, 0) is 9.57 Å². The molecule has 0 aromatic carbocycles. The second-order valence-electron chi connectivity index (χ2n) is 4.21. The number of ether oxygens (including phenoxy) is 1. The number of rotatable bonds is 0. The molecular formula is C9H15NO3. The van der Waals surface area contributed by atoms with Gasteiger partial charge in [-0.3, -0.25) is 5.21 Å². The molecule has 1 fully saturated rings.